The number of sulfonamides is 1. The molecule has 0 saturated carbocycles. The molecule has 0 aliphatic rings. The number of nitrogens with zero attached hydrogens (tertiary/aromatic N) is 3. The highest BCUT2D eigenvalue weighted by Gasteiger charge is 2.28. The molecule has 0 aliphatic carbocycles. The Balaban J connectivity index is 1.68. The van der Waals surface area contributed by atoms with Crippen molar-refractivity contribution in [3.63, 3.8) is 0 Å². The van der Waals surface area contributed by atoms with Crippen LogP contribution in [0.3, 0.4) is 0 Å². The first-order valence-corrected chi connectivity index (χ1v) is 14.4. The number of carbonyl (C=O) groups excluding carboxylic acids is 2. The maximum Gasteiger partial charge on any atom is 0.243 e. The molecule has 0 saturated heterocycles. The van der Waals surface area contributed by atoms with Crippen molar-refractivity contribution in [1.29, 1.82) is 0 Å². The van der Waals surface area contributed by atoms with Gasteiger partial charge in [-0.1, -0.05) is 55.5 Å². The van der Waals surface area contributed by atoms with Crippen LogP contribution in [0.4, 0.5) is 11.5 Å². The lowest BCUT2D eigenvalue weighted by Gasteiger charge is -2.22. The SMILES string of the molecule is CCCN(CC(=O)Nc1c(-c2ccccc2)c(C)nn1-c1ccccc1C)S(=O)(=O)c1ccc(NC(C)=O)cc1. The van der Waals surface area contributed by atoms with Gasteiger partial charge in [0.15, 0.2) is 0 Å². The van der Waals surface area contributed by atoms with Gasteiger partial charge in [-0.05, 0) is 61.7 Å². The van der Waals surface area contributed by atoms with E-state index in [1.165, 1.54) is 35.5 Å². The third kappa shape index (κ3) is 6.30. The summed E-state index contributed by atoms with van der Waals surface area (Å²) in [6.07, 6.45) is 0.520. The molecule has 0 spiro atoms. The van der Waals surface area contributed by atoms with Gasteiger partial charge < -0.3 is 10.6 Å². The lowest BCUT2D eigenvalue weighted by molar-refractivity contribution is -0.116. The smallest absolute Gasteiger partial charge is 0.243 e. The van der Waals surface area contributed by atoms with E-state index >= 15 is 0 Å². The Labute approximate surface area is 234 Å². The lowest BCUT2D eigenvalue weighted by Crippen LogP contribution is -2.38. The predicted octanol–water partition coefficient (Wildman–Crippen LogP) is 5.15. The summed E-state index contributed by atoms with van der Waals surface area (Å²) < 4.78 is 29.9. The maximum absolute atomic E-state index is 13.5. The highest BCUT2D eigenvalue weighted by molar-refractivity contribution is 7.89. The second-order valence-electron chi connectivity index (χ2n) is 9.47. The van der Waals surface area contributed by atoms with Crippen LogP contribution in [0.25, 0.3) is 16.8 Å². The number of aryl methyl sites for hydroxylation is 2. The van der Waals surface area contributed by atoms with Gasteiger partial charge in [-0.3, -0.25) is 9.59 Å². The number of benzene rings is 3. The normalized spacial score (nSPS) is 11.4. The first-order valence-electron chi connectivity index (χ1n) is 13.0. The van der Waals surface area contributed by atoms with Crippen LogP contribution in [0, 0.1) is 13.8 Å². The largest absolute Gasteiger partial charge is 0.326 e. The molecule has 0 atom stereocenters. The average Bonchev–Trinajstić information content (AvgIpc) is 3.24. The zero-order valence-electron chi connectivity index (χ0n) is 23.0. The first kappa shape index (κ1) is 28.7. The Morgan fingerprint density at radius 2 is 1.55 bits per heavy atom. The first-order chi connectivity index (χ1) is 19.1. The molecule has 9 nitrogen and oxygen atoms in total. The van der Waals surface area contributed by atoms with E-state index in [9.17, 15) is 18.0 Å². The molecule has 4 rings (SSSR count). The van der Waals surface area contributed by atoms with E-state index in [4.69, 9.17) is 5.10 Å². The summed E-state index contributed by atoms with van der Waals surface area (Å²) in [7, 11) is -3.98. The number of amides is 2. The summed E-state index contributed by atoms with van der Waals surface area (Å²) in [5, 5.41) is 10.3. The van der Waals surface area contributed by atoms with Crippen LogP contribution in [0.15, 0.2) is 83.8 Å². The van der Waals surface area contributed by atoms with Crippen LogP contribution in [0.2, 0.25) is 0 Å². The Morgan fingerprint density at radius 3 is 2.17 bits per heavy atom. The number of rotatable bonds is 10. The molecule has 208 valence electrons. The van der Waals surface area contributed by atoms with Gasteiger partial charge in [0, 0.05) is 24.7 Å². The minimum Gasteiger partial charge on any atom is -0.326 e. The minimum absolute atomic E-state index is 0.0358. The van der Waals surface area contributed by atoms with E-state index < -0.39 is 15.9 Å². The topological polar surface area (TPSA) is 113 Å². The van der Waals surface area contributed by atoms with Crippen LogP contribution in [0.1, 0.15) is 31.5 Å². The summed E-state index contributed by atoms with van der Waals surface area (Å²) in [5.41, 5.74) is 4.63. The number of hydrogen-bond donors (Lipinski definition) is 2. The molecule has 1 heterocycles. The second-order valence-corrected chi connectivity index (χ2v) is 11.4. The van der Waals surface area contributed by atoms with Crippen molar-refractivity contribution >= 4 is 33.3 Å². The Bertz CT molecular complexity index is 1610. The van der Waals surface area contributed by atoms with Crippen molar-refractivity contribution in [2.24, 2.45) is 0 Å². The van der Waals surface area contributed by atoms with Crippen molar-refractivity contribution < 1.29 is 18.0 Å². The second kappa shape index (κ2) is 12.3. The number of hydrogen-bond acceptors (Lipinski definition) is 5. The summed E-state index contributed by atoms with van der Waals surface area (Å²) in [6.45, 7) is 6.85. The van der Waals surface area contributed by atoms with Gasteiger partial charge in [0.2, 0.25) is 21.8 Å². The molecule has 40 heavy (non-hydrogen) atoms. The van der Waals surface area contributed by atoms with E-state index in [0.717, 1.165) is 28.1 Å². The van der Waals surface area contributed by atoms with Crippen molar-refractivity contribution in [1.82, 2.24) is 14.1 Å². The van der Waals surface area contributed by atoms with Crippen LogP contribution in [0.5, 0.6) is 0 Å². The number of carbonyl (C=O) groups is 2. The average molecular weight is 560 g/mol. The van der Waals surface area contributed by atoms with Gasteiger partial charge in [0.05, 0.1) is 22.8 Å². The molecule has 0 aliphatic heterocycles. The van der Waals surface area contributed by atoms with E-state index in [0.29, 0.717) is 17.9 Å². The zero-order chi connectivity index (χ0) is 28.9. The summed E-state index contributed by atoms with van der Waals surface area (Å²) in [4.78, 5) is 24.9. The van der Waals surface area contributed by atoms with Crippen LogP contribution in [-0.2, 0) is 19.6 Å². The fraction of sp³-hybridized carbons (Fsp3) is 0.233. The molecular weight excluding hydrogens is 526 g/mol. The lowest BCUT2D eigenvalue weighted by atomic mass is 10.1. The molecular formula is C30H33N5O4S. The third-order valence-corrected chi connectivity index (χ3v) is 8.19. The Morgan fingerprint density at radius 1 is 0.900 bits per heavy atom. The third-order valence-electron chi connectivity index (χ3n) is 6.33. The van der Waals surface area contributed by atoms with Crippen LogP contribution >= 0.6 is 0 Å². The van der Waals surface area contributed by atoms with Gasteiger partial charge in [0.1, 0.15) is 5.82 Å². The molecule has 10 heteroatoms. The highest BCUT2D eigenvalue weighted by atomic mass is 32.2. The molecule has 1 aromatic heterocycles. The summed E-state index contributed by atoms with van der Waals surface area (Å²) >= 11 is 0. The van der Waals surface area contributed by atoms with Crippen LogP contribution in [-0.4, -0.2) is 47.4 Å². The van der Waals surface area contributed by atoms with E-state index in [1.54, 1.807) is 4.68 Å². The minimum atomic E-state index is -3.98. The number of para-hydroxylation sites is 1. The number of aromatic nitrogens is 2. The number of anilines is 2. The van der Waals surface area contributed by atoms with Gasteiger partial charge >= 0.3 is 0 Å². The molecule has 0 fully saturated rings. The summed E-state index contributed by atoms with van der Waals surface area (Å²) in [6, 6.07) is 23.2. The fourth-order valence-electron chi connectivity index (χ4n) is 4.50. The zero-order valence-corrected chi connectivity index (χ0v) is 23.8. The van der Waals surface area contributed by atoms with Crippen molar-refractivity contribution in [3.05, 3.63) is 90.1 Å². The Hall–Kier alpha value is -4.28. The van der Waals surface area contributed by atoms with Crippen LogP contribution < -0.4 is 10.6 Å². The monoisotopic (exact) mass is 559 g/mol. The highest BCUT2D eigenvalue weighted by Crippen LogP contribution is 2.34. The molecule has 0 bridgehead atoms. The van der Waals surface area contributed by atoms with Crippen molar-refractivity contribution in [2.75, 3.05) is 23.7 Å². The van der Waals surface area contributed by atoms with Crippen molar-refractivity contribution in [2.45, 2.75) is 39.0 Å². The standard InChI is InChI=1S/C30H33N5O4S/c1-5-19-34(40(38,39)26-17-15-25(16-18-26)31-23(4)36)20-28(37)32-30-29(24-12-7-6-8-13-24)22(3)33-35(30)27-14-10-9-11-21(27)2/h6-18H,5,19-20H2,1-4H3,(H,31,36)(H,32,37). The Kier molecular flexibility index (Phi) is 8.81. The van der Waals surface area contributed by atoms with E-state index in [-0.39, 0.29) is 23.9 Å². The summed E-state index contributed by atoms with van der Waals surface area (Å²) in [5.74, 6) is -0.273. The van der Waals surface area contributed by atoms with E-state index in [2.05, 4.69) is 10.6 Å². The number of nitrogens with one attached hydrogen (secondary N) is 2. The molecule has 0 radical (unpaired) electrons. The molecule has 2 amide bonds. The van der Waals surface area contributed by atoms with Gasteiger partial charge in [-0.25, -0.2) is 13.1 Å². The quantitative estimate of drug-likeness (QED) is 0.279. The van der Waals surface area contributed by atoms with Gasteiger partial charge in [0.25, 0.3) is 0 Å². The molecule has 4 aromatic rings. The van der Waals surface area contributed by atoms with Crippen molar-refractivity contribution in [3.8, 4) is 16.8 Å². The predicted molar refractivity (Wildman–Crippen MR) is 157 cm³/mol. The molecule has 3 aromatic carbocycles. The maximum atomic E-state index is 13.5. The van der Waals surface area contributed by atoms with Gasteiger partial charge in [-0.15, -0.1) is 0 Å². The fourth-order valence-corrected chi connectivity index (χ4v) is 5.98. The van der Waals surface area contributed by atoms with Gasteiger partial charge in [-0.2, -0.15) is 9.40 Å². The molecule has 2 N–H and O–H groups in total. The molecule has 0 unspecified atom stereocenters. The van der Waals surface area contributed by atoms with E-state index in [1.807, 2.05) is 75.4 Å².